The maximum absolute atomic E-state index is 13.7. The lowest BCUT2D eigenvalue weighted by Gasteiger charge is -2.42. The summed E-state index contributed by atoms with van der Waals surface area (Å²) in [6.07, 6.45) is 8.72. The molecule has 7 nitrogen and oxygen atoms in total. The van der Waals surface area contributed by atoms with Crippen molar-refractivity contribution >= 4 is 17.8 Å². The molecule has 1 aromatic heterocycles. The van der Waals surface area contributed by atoms with Gasteiger partial charge in [0.1, 0.15) is 11.6 Å². The molecule has 2 aromatic carbocycles. The number of halogens is 1. The van der Waals surface area contributed by atoms with Crippen LogP contribution in [0.1, 0.15) is 42.5 Å². The molecule has 4 heterocycles. The van der Waals surface area contributed by atoms with Gasteiger partial charge in [0.25, 0.3) is 0 Å². The fraction of sp³-hybridized carbons (Fsp3) is 0.296. The average Bonchev–Trinajstić information content (AvgIpc) is 3.54. The van der Waals surface area contributed by atoms with Crippen LogP contribution in [0.4, 0.5) is 4.39 Å². The number of amides is 1. The second-order valence-corrected chi connectivity index (χ2v) is 9.23. The van der Waals surface area contributed by atoms with Crippen LogP contribution in [-0.2, 0) is 10.5 Å². The quantitative estimate of drug-likeness (QED) is 0.558. The first-order valence-electron chi connectivity index (χ1n) is 11.8. The van der Waals surface area contributed by atoms with Crippen LogP contribution in [0.3, 0.4) is 0 Å². The highest BCUT2D eigenvalue weighted by Gasteiger charge is 2.57. The smallest absolute Gasteiger partial charge is 0.245 e. The topological polar surface area (TPSA) is 63.0 Å². The highest BCUT2D eigenvalue weighted by atomic mass is 19.1. The fourth-order valence-corrected chi connectivity index (χ4v) is 5.51. The SMILES string of the molecule is COc1cc(/C=C2\CCCN3C2=NN2C(=O)CCC32c2ccc(F)cc2)ccc1-n1cnc(C)c1. The van der Waals surface area contributed by atoms with Crippen LogP contribution in [0.15, 0.2) is 65.7 Å². The van der Waals surface area contributed by atoms with E-state index in [0.29, 0.717) is 12.8 Å². The number of aromatic nitrogens is 2. The van der Waals surface area contributed by atoms with E-state index in [1.54, 1.807) is 30.6 Å². The number of hydrazone groups is 1. The Morgan fingerprint density at radius 3 is 2.71 bits per heavy atom. The number of ether oxygens (including phenoxy) is 1. The van der Waals surface area contributed by atoms with E-state index in [1.807, 2.05) is 29.8 Å². The van der Waals surface area contributed by atoms with Gasteiger partial charge in [-0.3, -0.25) is 4.79 Å². The minimum Gasteiger partial charge on any atom is -0.495 e. The molecule has 3 aliphatic heterocycles. The highest BCUT2D eigenvalue weighted by Crippen LogP contribution is 2.49. The molecule has 0 radical (unpaired) electrons. The lowest BCUT2D eigenvalue weighted by atomic mass is 9.91. The number of aryl methyl sites for hydroxylation is 1. The number of carbonyl (C=O) groups is 1. The van der Waals surface area contributed by atoms with E-state index < -0.39 is 5.66 Å². The van der Waals surface area contributed by atoms with Gasteiger partial charge in [0.2, 0.25) is 5.91 Å². The number of rotatable bonds is 4. The molecule has 3 aromatic rings. The molecule has 2 fully saturated rings. The summed E-state index contributed by atoms with van der Waals surface area (Å²) in [5, 5.41) is 6.46. The molecule has 1 amide bonds. The number of methoxy groups -OCH3 is 1. The van der Waals surface area contributed by atoms with Crippen molar-refractivity contribution in [2.75, 3.05) is 13.7 Å². The molecule has 0 bridgehead atoms. The number of amidine groups is 1. The van der Waals surface area contributed by atoms with Crippen LogP contribution in [0.2, 0.25) is 0 Å². The van der Waals surface area contributed by atoms with Crippen molar-refractivity contribution in [3.8, 4) is 11.4 Å². The first kappa shape index (κ1) is 21.6. The monoisotopic (exact) mass is 471 g/mol. The maximum Gasteiger partial charge on any atom is 0.245 e. The van der Waals surface area contributed by atoms with Crippen LogP contribution >= 0.6 is 0 Å². The largest absolute Gasteiger partial charge is 0.495 e. The fourth-order valence-electron chi connectivity index (χ4n) is 5.51. The van der Waals surface area contributed by atoms with Gasteiger partial charge in [-0.15, -0.1) is 5.10 Å². The molecule has 1 unspecified atom stereocenters. The van der Waals surface area contributed by atoms with Crippen LogP contribution < -0.4 is 4.74 Å². The third-order valence-corrected chi connectivity index (χ3v) is 7.13. The number of hydrogen-bond acceptors (Lipinski definition) is 5. The second kappa shape index (κ2) is 8.08. The Morgan fingerprint density at radius 2 is 1.97 bits per heavy atom. The molecule has 178 valence electrons. The van der Waals surface area contributed by atoms with Crippen LogP contribution in [0.5, 0.6) is 5.75 Å². The predicted molar refractivity (Wildman–Crippen MR) is 130 cm³/mol. The second-order valence-electron chi connectivity index (χ2n) is 9.23. The first-order valence-corrected chi connectivity index (χ1v) is 11.8. The summed E-state index contributed by atoms with van der Waals surface area (Å²) in [6.45, 7) is 2.74. The summed E-state index contributed by atoms with van der Waals surface area (Å²) >= 11 is 0. The van der Waals surface area contributed by atoms with Crippen molar-refractivity contribution in [1.29, 1.82) is 0 Å². The molecular formula is C27H26FN5O2. The van der Waals surface area contributed by atoms with E-state index in [1.165, 1.54) is 12.1 Å². The Balaban J connectivity index is 1.38. The minimum absolute atomic E-state index is 0.00257. The Hall–Kier alpha value is -3.94. The number of piperidine rings is 1. The third kappa shape index (κ3) is 3.35. The molecule has 1 atom stereocenters. The number of imidazole rings is 1. The van der Waals surface area contributed by atoms with Gasteiger partial charge in [-0.25, -0.2) is 14.4 Å². The Morgan fingerprint density at radius 1 is 1.14 bits per heavy atom. The predicted octanol–water partition coefficient (Wildman–Crippen LogP) is 4.61. The Kier molecular flexibility index (Phi) is 4.98. The summed E-state index contributed by atoms with van der Waals surface area (Å²) in [4.78, 5) is 19.4. The number of benzene rings is 2. The maximum atomic E-state index is 13.7. The van der Waals surface area contributed by atoms with E-state index >= 15 is 0 Å². The molecule has 0 spiro atoms. The number of carbonyl (C=O) groups excluding carboxylic acids is 1. The van der Waals surface area contributed by atoms with Crippen molar-refractivity contribution in [1.82, 2.24) is 19.5 Å². The molecule has 2 saturated heterocycles. The van der Waals surface area contributed by atoms with E-state index in [-0.39, 0.29) is 11.7 Å². The zero-order chi connectivity index (χ0) is 24.2. The standard InChI is InChI=1S/C27H26FN5O2/c1-18-16-31(17-29-18)23-10-5-19(15-24(23)35-2)14-20-4-3-13-32-26(20)30-33-25(34)11-12-27(32,33)21-6-8-22(28)9-7-21/h5-10,14-17H,3-4,11-13H2,1-2H3/b20-14+. The van der Waals surface area contributed by atoms with Crippen molar-refractivity contribution < 1.29 is 13.9 Å². The van der Waals surface area contributed by atoms with Gasteiger partial charge in [-0.2, -0.15) is 0 Å². The number of hydrogen-bond donors (Lipinski definition) is 0. The molecule has 35 heavy (non-hydrogen) atoms. The van der Waals surface area contributed by atoms with Crippen molar-refractivity contribution in [2.24, 2.45) is 5.10 Å². The molecule has 3 aliphatic rings. The first-order chi connectivity index (χ1) is 17.0. The zero-order valence-electron chi connectivity index (χ0n) is 19.7. The van der Waals surface area contributed by atoms with E-state index in [9.17, 15) is 9.18 Å². The van der Waals surface area contributed by atoms with Crippen LogP contribution in [-0.4, -0.2) is 44.9 Å². The highest BCUT2D eigenvalue weighted by molar-refractivity contribution is 6.05. The Bertz CT molecular complexity index is 1380. The van der Waals surface area contributed by atoms with Crippen LogP contribution in [0, 0.1) is 12.7 Å². The van der Waals surface area contributed by atoms with Gasteiger partial charge in [0.15, 0.2) is 11.5 Å². The van der Waals surface area contributed by atoms with Gasteiger partial charge in [0, 0.05) is 31.1 Å². The zero-order valence-corrected chi connectivity index (χ0v) is 19.7. The summed E-state index contributed by atoms with van der Waals surface area (Å²) in [5.41, 5.74) is 4.14. The summed E-state index contributed by atoms with van der Waals surface area (Å²) in [6, 6.07) is 12.5. The van der Waals surface area contributed by atoms with Crippen molar-refractivity contribution in [3.05, 3.63) is 83.2 Å². The molecule has 0 aliphatic carbocycles. The minimum atomic E-state index is -0.680. The molecule has 8 heteroatoms. The molecule has 6 rings (SSSR count). The van der Waals surface area contributed by atoms with Crippen molar-refractivity contribution in [3.63, 3.8) is 0 Å². The van der Waals surface area contributed by atoms with E-state index in [4.69, 9.17) is 9.84 Å². The number of fused-ring (bicyclic) bond motifs is 3. The lowest BCUT2D eigenvalue weighted by Crippen LogP contribution is -2.52. The van der Waals surface area contributed by atoms with Gasteiger partial charge < -0.3 is 14.2 Å². The molecular weight excluding hydrogens is 445 g/mol. The normalized spacial score (nSPS) is 22.4. The lowest BCUT2D eigenvalue weighted by molar-refractivity contribution is -0.133. The van der Waals surface area contributed by atoms with E-state index in [0.717, 1.165) is 59.1 Å². The molecule has 0 N–H and O–H groups in total. The van der Waals surface area contributed by atoms with E-state index in [2.05, 4.69) is 22.0 Å². The summed E-state index contributed by atoms with van der Waals surface area (Å²) < 4.78 is 21.3. The average molecular weight is 472 g/mol. The number of nitrogens with zero attached hydrogens (tertiary/aromatic N) is 5. The van der Waals surface area contributed by atoms with Gasteiger partial charge >= 0.3 is 0 Å². The third-order valence-electron chi connectivity index (χ3n) is 7.13. The van der Waals surface area contributed by atoms with Crippen molar-refractivity contribution in [2.45, 2.75) is 38.3 Å². The molecule has 0 saturated carbocycles. The van der Waals surface area contributed by atoms with Gasteiger partial charge in [-0.05, 0) is 61.2 Å². The van der Waals surface area contributed by atoms with Gasteiger partial charge in [0.05, 0.1) is 24.8 Å². The van der Waals surface area contributed by atoms with Gasteiger partial charge in [-0.1, -0.05) is 18.2 Å². The van der Waals surface area contributed by atoms with Crippen LogP contribution in [0.25, 0.3) is 11.8 Å². The summed E-state index contributed by atoms with van der Waals surface area (Å²) in [7, 11) is 1.66. The Labute approximate surface area is 203 Å². The summed E-state index contributed by atoms with van der Waals surface area (Å²) in [5.74, 6) is 1.28.